The maximum Gasteiger partial charge on any atom is 0.0588 e. The van der Waals surface area contributed by atoms with E-state index in [0.29, 0.717) is 12.1 Å². The minimum Gasteiger partial charge on any atom is -0.378 e. The molecular formula is C14H28N2O. The van der Waals surface area contributed by atoms with Crippen molar-refractivity contribution in [1.29, 1.82) is 0 Å². The molecule has 100 valence electrons. The van der Waals surface area contributed by atoms with Crippen molar-refractivity contribution < 1.29 is 4.74 Å². The van der Waals surface area contributed by atoms with Gasteiger partial charge in [-0.2, -0.15) is 0 Å². The lowest BCUT2D eigenvalue weighted by Gasteiger charge is -2.35. The molecule has 0 saturated carbocycles. The molecule has 17 heavy (non-hydrogen) atoms. The van der Waals surface area contributed by atoms with E-state index >= 15 is 0 Å². The third-order valence-electron chi connectivity index (χ3n) is 3.89. The SMILES string of the molecule is CC(C)CC1CN(CCC2CCCO2)CCN1. The second kappa shape index (κ2) is 6.72. The smallest absolute Gasteiger partial charge is 0.0588 e. The first-order chi connectivity index (χ1) is 8.24. The van der Waals surface area contributed by atoms with Gasteiger partial charge in [-0.25, -0.2) is 0 Å². The maximum absolute atomic E-state index is 5.69. The molecule has 0 spiro atoms. The van der Waals surface area contributed by atoms with Crippen molar-refractivity contribution in [3.05, 3.63) is 0 Å². The fourth-order valence-electron chi connectivity index (χ4n) is 3.02. The number of piperazine rings is 1. The summed E-state index contributed by atoms with van der Waals surface area (Å²) in [5, 5.41) is 3.64. The molecule has 2 atom stereocenters. The number of nitrogens with one attached hydrogen (secondary N) is 1. The quantitative estimate of drug-likeness (QED) is 0.794. The fourth-order valence-corrected chi connectivity index (χ4v) is 3.02. The summed E-state index contributed by atoms with van der Waals surface area (Å²) in [5.41, 5.74) is 0. The van der Waals surface area contributed by atoms with Gasteiger partial charge >= 0.3 is 0 Å². The van der Waals surface area contributed by atoms with Gasteiger partial charge in [0.2, 0.25) is 0 Å². The van der Waals surface area contributed by atoms with E-state index in [9.17, 15) is 0 Å². The van der Waals surface area contributed by atoms with Crippen LogP contribution >= 0.6 is 0 Å². The zero-order valence-corrected chi connectivity index (χ0v) is 11.5. The highest BCUT2D eigenvalue weighted by molar-refractivity contribution is 4.80. The molecule has 2 rings (SSSR count). The Morgan fingerprint density at radius 3 is 3.00 bits per heavy atom. The van der Waals surface area contributed by atoms with Gasteiger partial charge in [-0.1, -0.05) is 13.8 Å². The number of rotatable bonds is 5. The Morgan fingerprint density at radius 1 is 1.41 bits per heavy atom. The highest BCUT2D eigenvalue weighted by Gasteiger charge is 2.22. The van der Waals surface area contributed by atoms with Crippen LogP contribution in [0.2, 0.25) is 0 Å². The standard InChI is InChI=1S/C14H28N2O/c1-12(2)10-13-11-16(8-6-15-13)7-5-14-4-3-9-17-14/h12-15H,3-11H2,1-2H3. The van der Waals surface area contributed by atoms with Crippen molar-refractivity contribution in [3.63, 3.8) is 0 Å². The number of ether oxygens (including phenoxy) is 1. The van der Waals surface area contributed by atoms with Gasteiger partial charge in [0.15, 0.2) is 0 Å². The molecule has 1 N–H and O–H groups in total. The summed E-state index contributed by atoms with van der Waals surface area (Å²) in [6.07, 6.45) is 5.63. The van der Waals surface area contributed by atoms with Crippen LogP contribution in [0.3, 0.4) is 0 Å². The Bertz CT molecular complexity index is 214. The summed E-state index contributed by atoms with van der Waals surface area (Å²) in [7, 11) is 0. The summed E-state index contributed by atoms with van der Waals surface area (Å²) in [4.78, 5) is 2.62. The highest BCUT2D eigenvalue weighted by Crippen LogP contribution is 2.16. The van der Waals surface area contributed by atoms with Crippen molar-refractivity contribution >= 4 is 0 Å². The zero-order chi connectivity index (χ0) is 12.1. The molecule has 2 saturated heterocycles. The van der Waals surface area contributed by atoms with Gasteiger partial charge < -0.3 is 15.0 Å². The molecule has 3 heteroatoms. The summed E-state index contributed by atoms with van der Waals surface area (Å²) >= 11 is 0. The van der Waals surface area contributed by atoms with E-state index in [-0.39, 0.29) is 0 Å². The molecule has 2 unspecified atom stereocenters. The third kappa shape index (κ3) is 4.57. The second-order valence-electron chi connectivity index (χ2n) is 6.00. The molecule has 0 aromatic heterocycles. The maximum atomic E-state index is 5.69. The Kier molecular flexibility index (Phi) is 5.26. The predicted octanol–water partition coefficient (Wildman–Crippen LogP) is 1.88. The van der Waals surface area contributed by atoms with Gasteiger partial charge in [0, 0.05) is 38.8 Å². The van der Waals surface area contributed by atoms with E-state index in [1.807, 2.05) is 0 Å². The molecular weight excluding hydrogens is 212 g/mol. The van der Waals surface area contributed by atoms with E-state index in [0.717, 1.165) is 19.1 Å². The topological polar surface area (TPSA) is 24.5 Å². The summed E-state index contributed by atoms with van der Waals surface area (Å²) in [5.74, 6) is 0.797. The monoisotopic (exact) mass is 240 g/mol. The lowest BCUT2D eigenvalue weighted by Crippen LogP contribution is -2.51. The van der Waals surface area contributed by atoms with Crippen LogP contribution in [0, 0.1) is 5.92 Å². The summed E-state index contributed by atoms with van der Waals surface area (Å²) < 4.78 is 5.69. The van der Waals surface area contributed by atoms with Crippen molar-refractivity contribution in [2.45, 2.75) is 51.7 Å². The Labute approximate surface area is 106 Å². The van der Waals surface area contributed by atoms with Crippen LogP contribution in [0.1, 0.15) is 39.5 Å². The first kappa shape index (κ1) is 13.3. The van der Waals surface area contributed by atoms with Gasteiger partial charge in [-0.3, -0.25) is 0 Å². The van der Waals surface area contributed by atoms with E-state index < -0.39 is 0 Å². The lowest BCUT2D eigenvalue weighted by molar-refractivity contribution is 0.0856. The normalized spacial score (nSPS) is 31.2. The second-order valence-corrected chi connectivity index (χ2v) is 6.00. The van der Waals surface area contributed by atoms with Crippen LogP contribution in [0.4, 0.5) is 0 Å². The lowest BCUT2D eigenvalue weighted by atomic mass is 10.0. The number of hydrogen-bond donors (Lipinski definition) is 1. The van der Waals surface area contributed by atoms with Gasteiger partial charge in [0.25, 0.3) is 0 Å². The van der Waals surface area contributed by atoms with E-state index in [2.05, 4.69) is 24.1 Å². The van der Waals surface area contributed by atoms with Crippen molar-refractivity contribution in [2.75, 3.05) is 32.8 Å². The highest BCUT2D eigenvalue weighted by atomic mass is 16.5. The summed E-state index contributed by atoms with van der Waals surface area (Å²) in [6, 6.07) is 0.702. The van der Waals surface area contributed by atoms with E-state index in [1.165, 1.54) is 45.3 Å². The van der Waals surface area contributed by atoms with Crippen LogP contribution in [0.5, 0.6) is 0 Å². The first-order valence-corrected chi connectivity index (χ1v) is 7.31. The number of hydrogen-bond acceptors (Lipinski definition) is 3. The molecule has 3 nitrogen and oxygen atoms in total. The predicted molar refractivity (Wildman–Crippen MR) is 71.3 cm³/mol. The van der Waals surface area contributed by atoms with Crippen LogP contribution in [-0.2, 0) is 4.74 Å². The van der Waals surface area contributed by atoms with Crippen LogP contribution in [0.15, 0.2) is 0 Å². The minimum absolute atomic E-state index is 0.549. The van der Waals surface area contributed by atoms with Gasteiger partial charge in [-0.15, -0.1) is 0 Å². The van der Waals surface area contributed by atoms with Crippen LogP contribution in [0.25, 0.3) is 0 Å². The molecule has 2 fully saturated rings. The fraction of sp³-hybridized carbons (Fsp3) is 1.00. The van der Waals surface area contributed by atoms with Crippen LogP contribution in [-0.4, -0.2) is 49.8 Å². The third-order valence-corrected chi connectivity index (χ3v) is 3.89. The largest absolute Gasteiger partial charge is 0.378 e. The molecule has 2 aliphatic rings. The number of nitrogens with zero attached hydrogens (tertiary/aromatic N) is 1. The zero-order valence-electron chi connectivity index (χ0n) is 11.5. The van der Waals surface area contributed by atoms with Crippen molar-refractivity contribution in [3.8, 4) is 0 Å². The minimum atomic E-state index is 0.549. The molecule has 0 aliphatic carbocycles. The van der Waals surface area contributed by atoms with Crippen molar-refractivity contribution in [2.24, 2.45) is 5.92 Å². The molecule has 0 amide bonds. The average Bonchev–Trinajstić information content (AvgIpc) is 2.79. The Balaban J connectivity index is 1.65. The molecule has 0 bridgehead atoms. The van der Waals surface area contributed by atoms with Gasteiger partial charge in [0.05, 0.1) is 6.10 Å². The first-order valence-electron chi connectivity index (χ1n) is 7.31. The Hall–Kier alpha value is -0.120. The van der Waals surface area contributed by atoms with Gasteiger partial charge in [-0.05, 0) is 31.6 Å². The molecule has 0 aromatic carbocycles. The molecule has 2 aliphatic heterocycles. The van der Waals surface area contributed by atoms with E-state index in [4.69, 9.17) is 4.74 Å². The van der Waals surface area contributed by atoms with Gasteiger partial charge in [0.1, 0.15) is 0 Å². The average molecular weight is 240 g/mol. The summed E-state index contributed by atoms with van der Waals surface area (Å²) in [6.45, 7) is 10.4. The van der Waals surface area contributed by atoms with E-state index in [1.54, 1.807) is 0 Å². The van der Waals surface area contributed by atoms with Crippen molar-refractivity contribution in [1.82, 2.24) is 10.2 Å². The van der Waals surface area contributed by atoms with Crippen LogP contribution < -0.4 is 5.32 Å². The Morgan fingerprint density at radius 2 is 2.29 bits per heavy atom. The molecule has 0 aromatic rings. The molecule has 2 heterocycles. The molecule has 0 radical (unpaired) electrons.